The lowest BCUT2D eigenvalue weighted by Gasteiger charge is -2.25. The van der Waals surface area contributed by atoms with E-state index in [1.54, 1.807) is 6.20 Å². The van der Waals surface area contributed by atoms with Crippen LogP contribution in [0.1, 0.15) is 30.6 Å². The molecule has 1 fully saturated rings. The predicted octanol–water partition coefficient (Wildman–Crippen LogP) is 2.24. The summed E-state index contributed by atoms with van der Waals surface area (Å²) < 4.78 is 0. The molecule has 0 bridgehead atoms. The fourth-order valence-corrected chi connectivity index (χ4v) is 3.15. The molecular weight excluding hydrogens is 254 g/mol. The molecule has 4 nitrogen and oxygen atoms in total. The number of carbonyl (C=O) groups is 1. The molecule has 1 aromatic heterocycles. The van der Waals surface area contributed by atoms with Gasteiger partial charge in [0.2, 0.25) is 5.91 Å². The molecule has 3 N–H and O–H groups in total. The number of carbonyl (C=O) groups excluding carboxylic acids is 1. The number of amides is 1. The molecule has 1 amide bonds. The van der Waals surface area contributed by atoms with Crippen LogP contribution in [0.5, 0.6) is 0 Å². The number of anilines is 1. The van der Waals surface area contributed by atoms with Crippen molar-refractivity contribution in [3.63, 3.8) is 0 Å². The Labute approximate surface area is 110 Å². The molecule has 0 atom stereocenters. The molecule has 0 aromatic carbocycles. The molecule has 17 heavy (non-hydrogen) atoms. The molecule has 0 radical (unpaired) electrons. The van der Waals surface area contributed by atoms with Crippen LogP contribution in [0.15, 0.2) is 6.20 Å². The number of aromatic nitrogens is 1. The van der Waals surface area contributed by atoms with Crippen LogP contribution >= 0.6 is 23.6 Å². The van der Waals surface area contributed by atoms with E-state index in [4.69, 9.17) is 18.0 Å². The van der Waals surface area contributed by atoms with Crippen LogP contribution in [0.25, 0.3) is 0 Å². The molecule has 0 spiro atoms. The van der Waals surface area contributed by atoms with Crippen molar-refractivity contribution >= 4 is 39.6 Å². The van der Waals surface area contributed by atoms with Crippen LogP contribution < -0.4 is 11.1 Å². The topological polar surface area (TPSA) is 68.0 Å². The van der Waals surface area contributed by atoms with Crippen molar-refractivity contribution in [1.82, 2.24) is 4.98 Å². The lowest BCUT2D eigenvalue weighted by atomic mass is 9.85. The predicted molar refractivity (Wildman–Crippen MR) is 73.2 cm³/mol. The second-order valence-electron chi connectivity index (χ2n) is 4.38. The van der Waals surface area contributed by atoms with Gasteiger partial charge in [-0.05, 0) is 19.8 Å². The van der Waals surface area contributed by atoms with Crippen LogP contribution in [0.4, 0.5) is 5.13 Å². The van der Waals surface area contributed by atoms with Crippen LogP contribution in [0, 0.1) is 12.3 Å². The van der Waals surface area contributed by atoms with Crippen molar-refractivity contribution in [1.29, 1.82) is 0 Å². The summed E-state index contributed by atoms with van der Waals surface area (Å²) in [7, 11) is 0. The van der Waals surface area contributed by atoms with Crippen molar-refractivity contribution in [2.24, 2.45) is 11.1 Å². The van der Waals surface area contributed by atoms with Gasteiger partial charge >= 0.3 is 0 Å². The Morgan fingerprint density at radius 3 is 2.71 bits per heavy atom. The standard InChI is InChI=1S/C11H15N3OS2/c1-7-6-13-10(17-7)14-9(15)11(8(12)16)4-2-3-5-11/h6H,2-5H2,1H3,(H2,12,16)(H,13,14,15). The highest BCUT2D eigenvalue weighted by molar-refractivity contribution is 7.80. The Balaban J connectivity index is 2.15. The lowest BCUT2D eigenvalue weighted by molar-refractivity contribution is -0.122. The van der Waals surface area contributed by atoms with Gasteiger partial charge in [0.1, 0.15) is 0 Å². The zero-order valence-electron chi connectivity index (χ0n) is 9.66. The minimum atomic E-state index is -0.658. The summed E-state index contributed by atoms with van der Waals surface area (Å²) in [6.45, 7) is 1.95. The molecule has 1 saturated carbocycles. The van der Waals surface area contributed by atoms with Gasteiger partial charge in [-0.1, -0.05) is 25.1 Å². The fraction of sp³-hybridized carbons (Fsp3) is 0.545. The number of nitrogens with two attached hydrogens (primary N) is 1. The maximum atomic E-state index is 12.3. The van der Waals surface area contributed by atoms with E-state index in [9.17, 15) is 4.79 Å². The SMILES string of the molecule is Cc1cnc(NC(=O)C2(C(N)=S)CCCC2)s1. The van der Waals surface area contributed by atoms with Crippen LogP contribution in [0.3, 0.4) is 0 Å². The van der Waals surface area contributed by atoms with Crippen molar-refractivity contribution in [2.75, 3.05) is 5.32 Å². The average molecular weight is 269 g/mol. The van der Waals surface area contributed by atoms with E-state index >= 15 is 0 Å². The minimum Gasteiger partial charge on any atom is -0.392 e. The quantitative estimate of drug-likeness (QED) is 0.826. The highest BCUT2D eigenvalue weighted by Gasteiger charge is 2.44. The van der Waals surface area contributed by atoms with Gasteiger partial charge in [0.15, 0.2) is 5.13 Å². The average Bonchev–Trinajstić information content (AvgIpc) is 2.87. The van der Waals surface area contributed by atoms with E-state index in [2.05, 4.69) is 10.3 Å². The van der Waals surface area contributed by atoms with Crippen LogP contribution in [-0.4, -0.2) is 15.9 Å². The van der Waals surface area contributed by atoms with Gasteiger partial charge in [-0.25, -0.2) is 4.98 Å². The van der Waals surface area contributed by atoms with Gasteiger partial charge in [0.05, 0.1) is 10.4 Å². The first kappa shape index (κ1) is 12.4. The molecule has 1 aromatic rings. The number of nitrogens with one attached hydrogen (secondary N) is 1. The molecule has 2 rings (SSSR count). The Hall–Kier alpha value is -1.01. The van der Waals surface area contributed by atoms with E-state index in [0.717, 1.165) is 30.6 Å². The molecule has 0 unspecified atom stereocenters. The summed E-state index contributed by atoms with van der Waals surface area (Å²) in [5, 5.41) is 3.45. The van der Waals surface area contributed by atoms with Gasteiger partial charge < -0.3 is 11.1 Å². The largest absolute Gasteiger partial charge is 0.392 e. The van der Waals surface area contributed by atoms with E-state index in [1.807, 2.05) is 6.92 Å². The van der Waals surface area contributed by atoms with Crippen molar-refractivity contribution in [3.8, 4) is 0 Å². The third-order valence-electron chi connectivity index (χ3n) is 3.21. The summed E-state index contributed by atoms with van der Waals surface area (Å²) in [5.41, 5.74) is 5.09. The highest BCUT2D eigenvalue weighted by Crippen LogP contribution is 2.39. The number of thiazole rings is 1. The van der Waals surface area contributed by atoms with Crippen molar-refractivity contribution < 1.29 is 4.79 Å². The fourth-order valence-electron chi connectivity index (χ4n) is 2.19. The maximum Gasteiger partial charge on any atom is 0.239 e. The molecule has 0 saturated heterocycles. The number of hydrogen-bond acceptors (Lipinski definition) is 4. The molecule has 6 heteroatoms. The Morgan fingerprint density at radius 1 is 1.59 bits per heavy atom. The summed E-state index contributed by atoms with van der Waals surface area (Å²) in [5.74, 6) is -0.100. The summed E-state index contributed by atoms with van der Waals surface area (Å²) in [6.07, 6.45) is 5.24. The summed E-state index contributed by atoms with van der Waals surface area (Å²) in [4.78, 5) is 17.8. The summed E-state index contributed by atoms with van der Waals surface area (Å²) in [6, 6.07) is 0. The second kappa shape index (κ2) is 4.70. The third-order valence-corrected chi connectivity index (χ3v) is 4.42. The Kier molecular flexibility index (Phi) is 3.44. The number of nitrogens with zero attached hydrogens (tertiary/aromatic N) is 1. The van der Waals surface area contributed by atoms with Gasteiger partial charge in [-0.2, -0.15) is 0 Å². The first-order valence-electron chi connectivity index (χ1n) is 5.58. The third kappa shape index (κ3) is 2.32. The van der Waals surface area contributed by atoms with Crippen LogP contribution in [0.2, 0.25) is 0 Å². The van der Waals surface area contributed by atoms with E-state index in [0.29, 0.717) is 10.1 Å². The first-order valence-corrected chi connectivity index (χ1v) is 6.81. The van der Waals surface area contributed by atoms with E-state index in [1.165, 1.54) is 11.3 Å². The lowest BCUT2D eigenvalue weighted by Crippen LogP contribution is -2.43. The van der Waals surface area contributed by atoms with Gasteiger partial charge in [0.25, 0.3) is 0 Å². The van der Waals surface area contributed by atoms with E-state index < -0.39 is 5.41 Å². The number of hydrogen-bond donors (Lipinski definition) is 2. The summed E-state index contributed by atoms with van der Waals surface area (Å²) >= 11 is 6.52. The molecule has 1 heterocycles. The molecule has 92 valence electrons. The normalized spacial score (nSPS) is 17.9. The van der Waals surface area contributed by atoms with Crippen molar-refractivity contribution in [3.05, 3.63) is 11.1 Å². The monoisotopic (exact) mass is 269 g/mol. The Bertz CT molecular complexity index is 449. The molecule has 1 aliphatic carbocycles. The van der Waals surface area contributed by atoms with Crippen LogP contribution in [-0.2, 0) is 4.79 Å². The highest BCUT2D eigenvalue weighted by atomic mass is 32.1. The van der Waals surface area contributed by atoms with Crippen molar-refractivity contribution in [2.45, 2.75) is 32.6 Å². The second-order valence-corrected chi connectivity index (χ2v) is 6.06. The zero-order chi connectivity index (χ0) is 12.5. The minimum absolute atomic E-state index is 0.100. The number of aryl methyl sites for hydroxylation is 1. The molecule has 1 aliphatic rings. The molecule has 0 aliphatic heterocycles. The first-order chi connectivity index (χ1) is 8.04. The van der Waals surface area contributed by atoms with Gasteiger partial charge in [-0.15, -0.1) is 11.3 Å². The maximum absolute atomic E-state index is 12.3. The Morgan fingerprint density at radius 2 is 2.24 bits per heavy atom. The smallest absolute Gasteiger partial charge is 0.239 e. The number of rotatable bonds is 3. The van der Waals surface area contributed by atoms with E-state index in [-0.39, 0.29) is 5.91 Å². The van der Waals surface area contributed by atoms with Gasteiger partial charge in [-0.3, -0.25) is 4.79 Å². The molecular formula is C11H15N3OS2. The van der Waals surface area contributed by atoms with Gasteiger partial charge in [0, 0.05) is 11.1 Å². The number of thiocarbonyl (C=S) groups is 1. The zero-order valence-corrected chi connectivity index (χ0v) is 11.3.